The van der Waals surface area contributed by atoms with Crippen LogP contribution in [0, 0.1) is 0 Å². The van der Waals surface area contributed by atoms with Gasteiger partial charge in [0.1, 0.15) is 0 Å². The van der Waals surface area contributed by atoms with Gasteiger partial charge in [-0.2, -0.15) is 0 Å². The van der Waals surface area contributed by atoms with Crippen molar-refractivity contribution in [3.8, 4) is 0 Å². The van der Waals surface area contributed by atoms with Crippen LogP contribution in [0.15, 0.2) is 0 Å². The molecule has 0 rings (SSSR count). The van der Waals surface area contributed by atoms with E-state index in [1.54, 1.807) is 0 Å². The van der Waals surface area contributed by atoms with Crippen LogP contribution in [-0.2, 0) is 29.8 Å². The van der Waals surface area contributed by atoms with E-state index in [0.717, 1.165) is 0 Å². The van der Waals surface area contributed by atoms with Gasteiger partial charge in [-0.05, 0) is 0 Å². The van der Waals surface area contributed by atoms with Gasteiger partial charge in [-0.15, -0.1) is 0 Å². The Labute approximate surface area is 35.8 Å². The maximum absolute atomic E-state index is 9.09. The first-order chi connectivity index (χ1) is 2.56. The van der Waals surface area contributed by atoms with Crippen molar-refractivity contribution in [3.63, 3.8) is 0 Å². The second kappa shape index (κ2) is 1.62. The van der Waals surface area contributed by atoms with Gasteiger partial charge in [-0.1, -0.05) is 0 Å². The molecule has 0 aromatic carbocycles. The van der Waals surface area contributed by atoms with Crippen molar-refractivity contribution in [3.05, 3.63) is 0 Å². The number of hydrogen-bond donors (Lipinski definition) is 1. The van der Waals surface area contributed by atoms with Crippen LogP contribution in [0.1, 0.15) is 0 Å². The molecule has 0 saturated heterocycles. The van der Waals surface area contributed by atoms with Gasteiger partial charge in [-0.25, -0.2) is 0 Å². The van der Waals surface area contributed by atoms with E-state index >= 15 is 0 Å². The van der Waals surface area contributed by atoms with E-state index in [1.807, 2.05) is 0 Å². The number of rotatable bonds is 1. The minimum atomic E-state index is -5.85. The van der Waals surface area contributed by atoms with Gasteiger partial charge < -0.3 is 0 Å². The normalized spacial score (nSPS) is 11.5. The molecule has 0 aliphatic carbocycles. The van der Waals surface area contributed by atoms with E-state index in [2.05, 4.69) is 3.61 Å². The first-order valence-electron chi connectivity index (χ1n) is 0.800. The van der Waals surface area contributed by atoms with Gasteiger partial charge in [0, 0.05) is 0 Å². The van der Waals surface area contributed by atoms with Crippen LogP contribution in [0.2, 0.25) is 0 Å². The quantitative estimate of drug-likeness (QED) is 0.515. The van der Waals surface area contributed by atoms with Crippen LogP contribution in [0.5, 0.6) is 0 Å². The van der Waals surface area contributed by atoms with Crippen molar-refractivity contribution in [2.45, 2.75) is 0 Å². The molecular formula is HO5Re. The average molecular weight is 267 g/mol. The predicted molar refractivity (Wildman–Crippen MR) is 5.77 cm³/mol. The van der Waals surface area contributed by atoms with Crippen LogP contribution in [0.4, 0.5) is 0 Å². The number of hydrogen-bond acceptors (Lipinski definition) is 5. The molecule has 0 aromatic rings. The van der Waals surface area contributed by atoms with Gasteiger partial charge in [0.25, 0.3) is 0 Å². The fourth-order valence-electron chi connectivity index (χ4n) is 0. The summed E-state index contributed by atoms with van der Waals surface area (Å²) in [6, 6.07) is 0. The standard InChI is InChI=1S/H2O2.3O.Re/c1-2;;;;/h1-2H;;;;/q;;;;+1/p-1. The van der Waals surface area contributed by atoms with Gasteiger partial charge in [0.15, 0.2) is 0 Å². The summed E-state index contributed by atoms with van der Waals surface area (Å²) >= 11 is -5.85. The van der Waals surface area contributed by atoms with E-state index in [9.17, 15) is 0 Å². The van der Waals surface area contributed by atoms with Crippen LogP contribution in [0.25, 0.3) is 0 Å². The van der Waals surface area contributed by atoms with Crippen molar-refractivity contribution >= 4 is 0 Å². The molecule has 0 fully saturated rings. The van der Waals surface area contributed by atoms with Crippen molar-refractivity contribution in [2.24, 2.45) is 0 Å². The molecule has 0 radical (unpaired) electrons. The second-order valence-electron chi connectivity index (χ2n) is 0.447. The van der Waals surface area contributed by atoms with Crippen molar-refractivity contribution < 1.29 is 35.1 Å². The van der Waals surface area contributed by atoms with Crippen LogP contribution >= 0.6 is 0 Å². The van der Waals surface area contributed by atoms with E-state index < -0.39 is 15.8 Å². The summed E-state index contributed by atoms with van der Waals surface area (Å²) in [5.74, 6) is 0. The van der Waals surface area contributed by atoms with Gasteiger partial charge in [0.05, 0.1) is 0 Å². The Hall–Kier alpha value is -0.0177. The van der Waals surface area contributed by atoms with Crippen LogP contribution < -0.4 is 0 Å². The molecule has 0 aromatic heterocycles. The third-order valence-electron chi connectivity index (χ3n) is 0.0845. The summed E-state index contributed by atoms with van der Waals surface area (Å²) in [6.07, 6.45) is 0. The Bertz CT molecular complexity index is 137. The Kier molecular flexibility index (Phi) is 1.62. The van der Waals surface area contributed by atoms with Gasteiger partial charge >= 0.3 is 35.1 Å². The molecule has 0 unspecified atom stereocenters. The molecule has 0 spiro atoms. The fourth-order valence-corrected chi connectivity index (χ4v) is 0. The van der Waals surface area contributed by atoms with E-state index in [1.165, 1.54) is 0 Å². The predicted octanol–water partition coefficient (Wildman–Crippen LogP) is -0.419. The molecule has 0 aliphatic heterocycles. The van der Waals surface area contributed by atoms with Gasteiger partial charge in [-0.3, -0.25) is 0 Å². The molecule has 6 heavy (non-hydrogen) atoms. The van der Waals surface area contributed by atoms with Crippen LogP contribution in [-0.4, -0.2) is 5.26 Å². The molecule has 0 aliphatic rings. The summed E-state index contributed by atoms with van der Waals surface area (Å²) < 4.78 is 29.7. The van der Waals surface area contributed by atoms with Gasteiger partial charge in [0.2, 0.25) is 0 Å². The molecule has 1 N–H and O–H groups in total. The maximum atomic E-state index is 9.09. The Morgan fingerprint density at radius 2 is 1.50 bits per heavy atom. The van der Waals surface area contributed by atoms with E-state index in [0.29, 0.717) is 0 Å². The van der Waals surface area contributed by atoms with E-state index in [-0.39, 0.29) is 0 Å². The fraction of sp³-hybridized carbons (Fsp3) is 0. The van der Waals surface area contributed by atoms with Crippen molar-refractivity contribution in [1.29, 1.82) is 0 Å². The summed E-state index contributed by atoms with van der Waals surface area (Å²) in [5.41, 5.74) is 0. The van der Waals surface area contributed by atoms with Crippen molar-refractivity contribution in [2.75, 3.05) is 0 Å². The molecule has 0 amide bonds. The minimum absolute atomic E-state index is 2.47. The molecular weight excluding hydrogens is 266 g/mol. The zero-order valence-corrected chi connectivity index (χ0v) is 5.17. The molecule has 0 saturated carbocycles. The first kappa shape index (κ1) is 5.98. The molecule has 0 atom stereocenters. The third-order valence-corrected chi connectivity index (χ3v) is 0.692. The monoisotopic (exact) mass is 268 g/mol. The molecule has 6 heteroatoms. The topological polar surface area (TPSA) is 80.7 Å². The average Bonchev–Trinajstić information content (AvgIpc) is 1.35. The molecule has 0 bridgehead atoms. The Morgan fingerprint density at radius 1 is 1.33 bits per heavy atom. The Balaban J connectivity index is 4.30. The first-order valence-corrected chi connectivity index (χ1v) is 5.23. The van der Waals surface area contributed by atoms with Crippen LogP contribution in [0.3, 0.4) is 0 Å². The summed E-state index contributed by atoms with van der Waals surface area (Å²) in [6.45, 7) is 0. The molecule has 38 valence electrons. The third kappa shape index (κ3) is 3.98. The SMILES string of the molecule is [O]=[Re](=[O])(=[O])[O]O. The summed E-state index contributed by atoms with van der Waals surface area (Å²) in [5, 5.41) is 7.05. The summed E-state index contributed by atoms with van der Waals surface area (Å²) in [4.78, 5) is 0. The van der Waals surface area contributed by atoms with Crippen molar-refractivity contribution in [1.82, 2.24) is 0 Å². The molecule has 5 nitrogen and oxygen atoms in total. The molecule has 0 heterocycles. The second-order valence-corrected chi connectivity index (χ2v) is 3.66. The summed E-state index contributed by atoms with van der Waals surface area (Å²) in [7, 11) is 0. The zero-order chi connectivity index (χ0) is 5.21. The van der Waals surface area contributed by atoms with E-state index in [4.69, 9.17) is 15.7 Å². The Morgan fingerprint density at radius 3 is 1.50 bits per heavy atom. The zero-order valence-electron chi connectivity index (χ0n) is 2.46.